The van der Waals surface area contributed by atoms with Crippen LogP contribution in [-0.2, 0) is 19.1 Å². The van der Waals surface area contributed by atoms with Gasteiger partial charge in [0.05, 0.1) is 6.61 Å². The summed E-state index contributed by atoms with van der Waals surface area (Å²) < 4.78 is 10.8. The molecule has 0 rings (SSSR count). The molecule has 0 fully saturated rings. The predicted molar refractivity (Wildman–Crippen MR) is 380 cm³/mol. The number of rotatable bonds is 68. The summed E-state index contributed by atoms with van der Waals surface area (Å²) in [5, 5.41) is 9.72. The van der Waals surface area contributed by atoms with E-state index in [1.165, 1.54) is 238 Å². The Morgan fingerprint density at radius 2 is 0.500 bits per heavy atom. The monoisotopic (exact) mass is 1190 g/mol. The molecule has 0 aliphatic rings. The van der Waals surface area contributed by atoms with E-state index in [4.69, 9.17) is 9.47 Å². The minimum Gasteiger partial charge on any atom is -0.462 e. The molecule has 0 aromatic rings. The van der Waals surface area contributed by atoms with Gasteiger partial charge in [0.2, 0.25) is 0 Å². The Labute approximate surface area is 534 Å². The van der Waals surface area contributed by atoms with E-state index in [9.17, 15) is 14.7 Å². The third kappa shape index (κ3) is 72.8. The Bertz CT molecular complexity index is 1690. The normalized spacial score (nSPS) is 12.9. The molecule has 0 saturated carbocycles. The second kappa shape index (κ2) is 75.5. The van der Waals surface area contributed by atoms with Crippen LogP contribution in [0.2, 0.25) is 0 Å². The third-order valence-electron chi connectivity index (χ3n) is 16.2. The van der Waals surface area contributed by atoms with Crippen molar-refractivity contribution in [2.75, 3.05) is 13.2 Å². The molecule has 0 radical (unpaired) electrons. The minimum atomic E-state index is -0.779. The van der Waals surface area contributed by atoms with Crippen LogP contribution >= 0.6 is 0 Å². The Hall–Kier alpha value is -3.70. The highest BCUT2D eigenvalue weighted by Gasteiger charge is 2.16. The topological polar surface area (TPSA) is 72.8 Å². The minimum absolute atomic E-state index is 0.0673. The number of unbranched alkanes of at least 4 members (excludes halogenated alkanes) is 40. The average molecular weight is 1190 g/mol. The SMILES string of the molecule is CC/C=C\C/C=C\C/C=C\C/C=C\C/C=C\C/C=C\C/C=C\CCCCCCCCCCCCCCCC(=O)OC(CO)COC(=O)CCCCCCCCCCCCCCCCCCCCCCCC/C=C\C/C=C\C/C=C\CCCCCCC. The van der Waals surface area contributed by atoms with Crippen molar-refractivity contribution < 1.29 is 24.2 Å². The zero-order chi connectivity index (χ0) is 61.9. The molecule has 0 bridgehead atoms. The molecule has 86 heavy (non-hydrogen) atoms. The molecule has 0 aliphatic heterocycles. The van der Waals surface area contributed by atoms with Crippen molar-refractivity contribution in [3.63, 3.8) is 0 Å². The van der Waals surface area contributed by atoms with Crippen LogP contribution in [0.1, 0.15) is 361 Å². The van der Waals surface area contributed by atoms with Crippen LogP contribution in [0.25, 0.3) is 0 Å². The molecule has 1 atom stereocenters. The summed E-state index contributed by atoms with van der Waals surface area (Å²) in [7, 11) is 0. The number of esters is 2. The Morgan fingerprint density at radius 1 is 0.279 bits per heavy atom. The first-order valence-corrected chi connectivity index (χ1v) is 37.1. The van der Waals surface area contributed by atoms with Crippen molar-refractivity contribution in [3.05, 3.63) is 122 Å². The van der Waals surface area contributed by atoms with Crippen LogP contribution in [0, 0.1) is 0 Å². The Balaban J connectivity index is 3.45. The van der Waals surface area contributed by atoms with Gasteiger partial charge in [-0.1, -0.05) is 360 Å². The molecular formula is C81H140O5. The summed E-state index contributed by atoms with van der Waals surface area (Å²) in [5.74, 6) is -0.581. The van der Waals surface area contributed by atoms with E-state index in [0.29, 0.717) is 12.8 Å². The standard InChI is InChI=1S/C81H140O5/c1-3-5-7-9-11-13-15-17-19-21-23-25-27-29-31-33-35-37-39-40-42-43-45-47-49-51-53-55-57-59-61-63-65-67-69-71-73-75-80(83)85-78-79(77-82)86-81(84)76-74-72-70-68-66-64-62-60-58-56-54-52-50-48-46-44-41-38-36-34-32-30-28-26-24-22-20-18-16-14-12-10-8-6-4-2/h6,8,12,14-15,17-18,20-21,23-24,26-27,29-30,32,36,38,44,46,79,82H,3-5,7,9-11,13,16,19,22,25,28,31,33-35,37,39-43,45,47-78H2,1-2H3/b8-6-,14-12-,17-15-,20-18-,23-21-,26-24-,29-27-,32-30-,38-36-,46-44-. The Morgan fingerprint density at radius 3 is 0.756 bits per heavy atom. The molecule has 5 nitrogen and oxygen atoms in total. The van der Waals surface area contributed by atoms with Crippen LogP contribution in [0.15, 0.2) is 122 Å². The van der Waals surface area contributed by atoms with Crippen LogP contribution < -0.4 is 0 Å². The fourth-order valence-corrected chi connectivity index (χ4v) is 10.7. The average Bonchev–Trinajstić information content (AvgIpc) is 3.55. The second-order valence-corrected chi connectivity index (χ2v) is 24.6. The lowest BCUT2D eigenvalue weighted by molar-refractivity contribution is -0.161. The van der Waals surface area contributed by atoms with Gasteiger partial charge in [0.15, 0.2) is 6.10 Å². The lowest BCUT2D eigenvalue weighted by atomic mass is 10.0. The molecule has 0 aromatic heterocycles. The molecule has 0 spiro atoms. The van der Waals surface area contributed by atoms with Crippen LogP contribution in [-0.4, -0.2) is 36.4 Å². The fraction of sp³-hybridized carbons (Fsp3) is 0.728. The summed E-state index contributed by atoms with van der Waals surface area (Å²) in [6, 6.07) is 0. The van der Waals surface area contributed by atoms with Gasteiger partial charge in [-0.25, -0.2) is 0 Å². The number of aliphatic hydroxyl groups excluding tert-OH is 1. The molecule has 0 aromatic carbocycles. The smallest absolute Gasteiger partial charge is 0.306 e. The maximum absolute atomic E-state index is 12.4. The van der Waals surface area contributed by atoms with Gasteiger partial charge >= 0.3 is 11.9 Å². The zero-order valence-electron chi connectivity index (χ0n) is 56.8. The van der Waals surface area contributed by atoms with E-state index in [1.54, 1.807) is 0 Å². The van der Waals surface area contributed by atoms with Gasteiger partial charge < -0.3 is 14.6 Å². The predicted octanol–water partition coefficient (Wildman–Crippen LogP) is 26.1. The highest BCUT2D eigenvalue weighted by molar-refractivity contribution is 5.70. The van der Waals surface area contributed by atoms with Crippen molar-refractivity contribution in [2.24, 2.45) is 0 Å². The first kappa shape index (κ1) is 82.3. The van der Waals surface area contributed by atoms with E-state index in [0.717, 1.165) is 96.3 Å². The van der Waals surface area contributed by atoms with Crippen molar-refractivity contribution in [2.45, 2.75) is 367 Å². The lowest BCUT2D eigenvalue weighted by Gasteiger charge is -2.15. The molecule has 0 amide bonds. The zero-order valence-corrected chi connectivity index (χ0v) is 56.8. The molecule has 1 unspecified atom stereocenters. The van der Waals surface area contributed by atoms with Crippen molar-refractivity contribution in [3.8, 4) is 0 Å². The fourth-order valence-electron chi connectivity index (χ4n) is 10.7. The number of allylic oxidation sites excluding steroid dienone is 20. The van der Waals surface area contributed by atoms with Gasteiger partial charge in [-0.3, -0.25) is 9.59 Å². The summed E-state index contributed by atoms with van der Waals surface area (Å²) in [4.78, 5) is 24.7. The van der Waals surface area contributed by atoms with E-state index in [2.05, 4.69) is 135 Å². The van der Waals surface area contributed by atoms with Crippen LogP contribution in [0.5, 0.6) is 0 Å². The molecule has 1 N–H and O–H groups in total. The number of carbonyl (C=O) groups is 2. The van der Waals surface area contributed by atoms with E-state index < -0.39 is 6.10 Å². The first-order valence-electron chi connectivity index (χ1n) is 37.1. The van der Waals surface area contributed by atoms with Gasteiger partial charge in [0.1, 0.15) is 6.61 Å². The molecular weight excluding hydrogens is 1050 g/mol. The van der Waals surface area contributed by atoms with Gasteiger partial charge in [0, 0.05) is 12.8 Å². The first-order chi connectivity index (χ1) is 42.6. The second-order valence-electron chi connectivity index (χ2n) is 24.6. The molecule has 0 aliphatic carbocycles. The highest BCUT2D eigenvalue weighted by Crippen LogP contribution is 2.18. The molecule has 0 heterocycles. The van der Waals surface area contributed by atoms with Crippen molar-refractivity contribution in [1.82, 2.24) is 0 Å². The van der Waals surface area contributed by atoms with Gasteiger partial charge in [-0.2, -0.15) is 0 Å². The Kier molecular flexibility index (Phi) is 72.3. The number of hydrogen-bond donors (Lipinski definition) is 1. The maximum atomic E-state index is 12.4. The van der Waals surface area contributed by atoms with Gasteiger partial charge in [-0.05, 0) is 109 Å². The maximum Gasteiger partial charge on any atom is 0.306 e. The summed E-state index contributed by atoms with van der Waals surface area (Å²) in [5.41, 5.74) is 0. The number of aliphatic hydroxyl groups is 1. The molecule has 5 heteroatoms. The molecule has 0 saturated heterocycles. The van der Waals surface area contributed by atoms with E-state index in [-0.39, 0.29) is 25.2 Å². The summed E-state index contributed by atoms with van der Waals surface area (Å²) in [6.45, 7) is 4.05. The van der Waals surface area contributed by atoms with Crippen LogP contribution in [0.4, 0.5) is 0 Å². The number of carbonyl (C=O) groups excluding carboxylic acids is 2. The molecule has 494 valence electrons. The lowest BCUT2D eigenvalue weighted by Crippen LogP contribution is -2.28. The van der Waals surface area contributed by atoms with Crippen molar-refractivity contribution >= 4 is 11.9 Å². The van der Waals surface area contributed by atoms with Crippen molar-refractivity contribution in [1.29, 1.82) is 0 Å². The van der Waals surface area contributed by atoms with E-state index in [1.807, 2.05) is 0 Å². The van der Waals surface area contributed by atoms with E-state index >= 15 is 0 Å². The highest BCUT2D eigenvalue weighted by atomic mass is 16.6. The largest absolute Gasteiger partial charge is 0.462 e. The third-order valence-corrected chi connectivity index (χ3v) is 16.2. The summed E-state index contributed by atoms with van der Waals surface area (Å²) in [6.07, 6.45) is 111. The quantitative estimate of drug-likeness (QED) is 0.0373. The summed E-state index contributed by atoms with van der Waals surface area (Å²) >= 11 is 0. The number of ether oxygens (including phenoxy) is 2. The van der Waals surface area contributed by atoms with Crippen LogP contribution in [0.3, 0.4) is 0 Å². The van der Waals surface area contributed by atoms with Gasteiger partial charge in [-0.15, -0.1) is 0 Å². The van der Waals surface area contributed by atoms with Gasteiger partial charge in [0.25, 0.3) is 0 Å². The number of hydrogen-bond acceptors (Lipinski definition) is 5.